The number of hydrazine groups is 1. The topological polar surface area (TPSA) is 123 Å². The molecule has 3 heterocycles. The van der Waals surface area contributed by atoms with Gasteiger partial charge < -0.3 is 19.6 Å². The predicted octanol–water partition coefficient (Wildman–Crippen LogP) is 3.72. The Morgan fingerprint density at radius 2 is 1.44 bits per heavy atom. The second-order valence-corrected chi connectivity index (χ2v) is 10.0. The van der Waals surface area contributed by atoms with Gasteiger partial charge in [0.05, 0.1) is 16.1 Å². The van der Waals surface area contributed by atoms with Crippen LogP contribution in [0.3, 0.4) is 0 Å². The molecule has 210 valence electrons. The zero-order valence-corrected chi connectivity index (χ0v) is 22.5. The van der Waals surface area contributed by atoms with Crippen molar-refractivity contribution in [3.63, 3.8) is 0 Å². The molecule has 0 radical (unpaired) electrons. The minimum atomic E-state index is -0.475. The smallest absolute Gasteiger partial charge is 0.336 e. The Labute approximate surface area is 237 Å². The van der Waals surface area contributed by atoms with E-state index in [0.717, 1.165) is 42.9 Å². The van der Waals surface area contributed by atoms with E-state index in [1.54, 1.807) is 17.0 Å². The van der Waals surface area contributed by atoms with Crippen LogP contribution in [0.2, 0.25) is 0 Å². The van der Waals surface area contributed by atoms with E-state index in [2.05, 4.69) is 55.9 Å². The quantitative estimate of drug-likeness (QED) is 0.272. The van der Waals surface area contributed by atoms with Crippen LogP contribution in [0.5, 0.6) is 0 Å². The average Bonchev–Trinajstić information content (AvgIpc) is 3.04. The monoisotopic (exact) mass is 553 g/mol. The number of fused-ring (bicyclic) bond motifs is 1. The third-order valence-corrected chi connectivity index (χ3v) is 7.49. The van der Waals surface area contributed by atoms with Gasteiger partial charge >= 0.3 is 6.03 Å². The van der Waals surface area contributed by atoms with Crippen LogP contribution in [0, 0.1) is 10.1 Å². The highest BCUT2D eigenvalue weighted by Gasteiger charge is 2.26. The number of anilines is 4. The highest BCUT2D eigenvalue weighted by atomic mass is 16.6. The summed E-state index contributed by atoms with van der Waals surface area (Å²) >= 11 is 0. The number of amides is 2. The van der Waals surface area contributed by atoms with Crippen LogP contribution in [0.4, 0.5) is 33.6 Å². The molecular weight excluding hydrogens is 522 g/mol. The number of hydrogen-bond acceptors (Lipinski definition) is 9. The zero-order chi connectivity index (χ0) is 28.2. The largest absolute Gasteiger partial charge is 0.368 e. The van der Waals surface area contributed by atoms with Crippen molar-refractivity contribution in [1.29, 1.82) is 0 Å². The molecule has 6 rings (SSSR count). The first-order valence-corrected chi connectivity index (χ1v) is 13.7. The summed E-state index contributed by atoms with van der Waals surface area (Å²) in [4.78, 5) is 41.8. The van der Waals surface area contributed by atoms with E-state index >= 15 is 0 Å². The molecule has 12 nitrogen and oxygen atoms in total. The van der Waals surface area contributed by atoms with Gasteiger partial charge in [0.25, 0.3) is 5.69 Å². The van der Waals surface area contributed by atoms with Crippen LogP contribution < -0.4 is 25.6 Å². The summed E-state index contributed by atoms with van der Waals surface area (Å²) in [6.45, 7) is 5.70. The molecule has 0 spiro atoms. The Hall–Kier alpha value is -5.13. The fourth-order valence-electron chi connectivity index (χ4n) is 5.26. The number of non-ortho nitro benzene ring substituents is 1. The Balaban J connectivity index is 1.11. The molecule has 2 aliphatic heterocycles. The lowest BCUT2D eigenvalue weighted by Crippen LogP contribution is -2.53. The number of carbonyl (C=O) groups is 1. The molecule has 12 heteroatoms. The van der Waals surface area contributed by atoms with Gasteiger partial charge in [-0.05, 0) is 30.3 Å². The lowest BCUT2D eigenvalue weighted by molar-refractivity contribution is -0.384. The van der Waals surface area contributed by atoms with Crippen molar-refractivity contribution >= 4 is 45.8 Å². The van der Waals surface area contributed by atoms with E-state index < -0.39 is 4.92 Å². The summed E-state index contributed by atoms with van der Waals surface area (Å²) in [5.41, 5.74) is 7.93. The van der Waals surface area contributed by atoms with Gasteiger partial charge in [-0.2, -0.15) is 4.98 Å². The molecule has 2 amide bonds. The number of rotatable bonds is 6. The maximum absolute atomic E-state index is 12.8. The van der Waals surface area contributed by atoms with Crippen molar-refractivity contribution in [1.82, 2.24) is 20.3 Å². The number of nitrogens with one attached hydrogen (secondary N) is 2. The maximum Gasteiger partial charge on any atom is 0.336 e. The number of para-hydroxylation sites is 2. The number of nitro groups is 1. The molecule has 3 aromatic carbocycles. The van der Waals surface area contributed by atoms with Gasteiger partial charge in [-0.1, -0.05) is 36.4 Å². The number of piperazine rings is 2. The normalized spacial score (nSPS) is 15.6. The molecule has 2 saturated heterocycles. The van der Waals surface area contributed by atoms with Gasteiger partial charge in [0, 0.05) is 75.6 Å². The van der Waals surface area contributed by atoms with Gasteiger partial charge in [0.2, 0.25) is 5.95 Å². The van der Waals surface area contributed by atoms with E-state index in [4.69, 9.17) is 9.97 Å². The third kappa shape index (κ3) is 5.76. The minimum Gasteiger partial charge on any atom is -0.368 e. The average molecular weight is 554 g/mol. The number of carbonyl (C=O) groups excluding carboxylic acids is 1. The highest BCUT2D eigenvalue weighted by molar-refractivity contribution is 5.90. The number of nitro benzene ring substituents is 1. The summed E-state index contributed by atoms with van der Waals surface area (Å²) in [5.74, 6) is 1.61. The Morgan fingerprint density at radius 1 is 0.756 bits per heavy atom. The third-order valence-electron chi connectivity index (χ3n) is 7.49. The first-order chi connectivity index (χ1) is 20.0. The summed E-state index contributed by atoms with van der Waals surface area (Å²) in [6.07, 6.45) is 0. The molecule has 0 unspecified atom stereocenters. The number of benzene rings is 3. The number of aromatic nitrogens is 2. The Bertz CT molecular complexity index is 1540. The second kappa shape index (κ2) is 11.5. The van der Waals surface area contributed by atoms with Gasteiger partial charge in [0.1, 0.15) is 5.82 Å². The van der Waals surface area contributed by atoms with Crippen molar-refractivity contribution < 1.29 is 9.72 Å². The summed E-state index contributed by atoms with van der Waals surface area (Å²) in [5, 5.41) is 12.0. The lowest BCUT2D eigenvalue weighted by atomic mass is 10.2. The van der Waals surface area contributed by atoms with Crippen LogP contribution >= 0.6 is 0 Å². The number of nitrogens with zero attached hydrogens (tertiary/aromatic N) is 7. The molecule has 2 aliphatic rings. The molecule has 2 N–H and O–H groups in total. The fraction of sp³-hybridized carbons (Fsp3) is 0.276. The SMILES string of the molecule is O=C(NNc1cccc([N+](=O)[O-])c1)N1CCN(c2nc(N3CCN(c4ccccc4)CC3)c3ccccc3n2)CC1. The molecule has 0 saturated carbocycles. The van der Waals surface area contributed by atoms with Gasteiger partial charge in [-0.25, -0.2) is 9.78 Å². The molecule has 0 aliphatic carbocycles. The van der Waals surface area contributed by atoms with Crippen LogP contribution in [-0.4, -0.2) is 78.2 Å². The van der Waals surface area contributed by atoms with Crippen molar-refractivity contribution in [3.8, 4) is 0 Å². The molecule has 4 aromatic rings. The predicted molar refractivity (Wildman–Crippen MR) is 159 cm³/mol. The van der Waals surface area contributed by atoms with Crippen molar-refractivity contribution in [2.75, 3.05) is 72.5 Å². The van der Waals surface area contributed by atoms with Crippen LogP contribution in [-0.2, 0) is 0 Å². The van der Waals surface area contributed by atoms with E-state index in [9.17, 15) is 14.9 Å². The molecule has 41 heavy (non-hydrogen) atoms. The van der Waals surface area contributed by atoms with Gasteiger partial charge in [0.15, 0.2) is 0 Å². The van der Waals surface area contributed by atoms with Crippen LogP contribution in [0.25, 0.3) is 10.9 Å². The Morgan fingerprint density at radius 3 is 2.20 bits per heavy atom. The van der Waals surface area contributed by atoms with Crippen LogP contribution in [0.1, 0.15) is 0 Å². The highest BCUT2D eigenvalue weighted by Crippen LogP contribution is 2.29. The van der Waals surface area contributed by atoms with Crippen LogP contribution in [0.15, 0.2) is 78.9 Å². The summed E-state index contributed by atoms with van der Waals surface area (Å²) in [7, 11) is 0. The maximum atomic E-state index is 12.8. The molecular formula is C29H31N9O3. The molecule has 0 atom stereocenters. The zero-order valence-electron chi connectivity index (χ0n) is 22.5. The second-order valence-electron chi connectivity index (χ2n) is 10.0. The van der Waals surface area contributed by atoms with E-state index in [-0.39, 0.29) is 11.7 Å². The minimum absolute atomic E-state index is 0.0503. The first-order valence-electron chi connectivity index (χ1n) is 13.7. The first kappa shape index (κ1) is 26.1. The number of hydrogen-bond donors (Lipinski definition) is 2. The van der Waals surface area contributed by atoms with Crippen molar-refractivity contribution in [2.45, 2.75) is 0 Å². The summed E-state index contributed by atoms with van der Waals surface area (Å²) < 4.78 is 0. The van der Waals surface area contributed by atoms with Crippen molar-refractivity contribution in [2.24, 2.45) is 0 Å². The standard InChI is InChI=1S/C29H31N9O3/c39-29(33-32-22-7-6-10-24(21-22)38(40)41)37-19-17-36(18-20-37)28-30-26-12-5-4-11-25(26)27(31-28)35-15-13-34(14-16-35)23-8-2-1-3-9-23/h1-12,21,32H,13-20H2,(H,33,39). The van der Waals surface area contributed by atoms with E-state index in [1.807, 2.05) is 24.3 Å². The lowest BCUT2D eigenvalue weighted by Gasteiger charge is -2.38. The Kier molecular flexibility index (Phi) is 7.35. The van der Waals surface area contributed by atoms with Gasteiger partial charge in [-0.15, -0.1) is 0 Å². The number of urea groups is 1. The van der Waals surface area contributed by atoms with E-state index in [0.29, 0.717) is 37.8 Å². The summed E-state index contributed by atoms with van der Waals surface area (Å²) in [6, 6.07) is 24.3. The van der Waals surface area contributed by atoms with Gasteiger partial charge in [-0.3, -0.25) is 21.0 Å². The molecule has 2 fully saturated rings. The molecule has 1 aromatic heterocycles. The van der Waals surface area contributed by atoms with Crippen molar-refractivity contribution in [3.05, 3.63) is 89.0 Å². The fourth-order valence-corrected chi connectivity index (χ4v) is 5.26. The van der Waals surface area contributed by atoms with E-state index in [1.165, 1.54) is 17.8 Å². The molecule has 0 bridgehead atoms.